The van der Waals surface area contributed by atoms with E-state index in [1.54, 1.807) is 0 Å². The number of likely N-dealkylation sites (N-methyl/N-ethyl adjacent to an activating group) is 1. The lowest BCUT2D eigenvalue weighted by molar-refractivity contribution is 0.0845. The van der Waals surface area contributed by atoms with E-state index in [1.807, 2.05) is 18.2 Å². The number of halogens is 2. The van der Waals surface area contributed by atoms with Gasteiger partial charge in [-0.05, 0) is 44.5 Å². The standard InChI is InChI=1S/C16H26Cl2N2/c1-5-16(4,20(6-2)7-3)14(19)11-12-9-8-10-13(17)15(12)18/h8-10,14H,5-7,11,19H2,1-4H3. The highest BCUT2D eigenvalue weighted by molar-refractivity contribution is 6.42. The molecule has 0 radical (unpaired) electrons. The third-order valence-corrected chi connectivity index (χ3v) is 5.33. The molecule has 0 aliphatic rings. The van der Waals surface area contributed by atoms with Crippen LogP contribution in [0.4, 0.5) is 0 Å². The fraction of sp³-hybridized carbons (Fsp3) is 0.625. The lowest BCUT2D eigenvalue weighted by atomic mass is 9.84. The Hall–Kier alpha value is -0.280. The summed E-state index contributed by atoms with van der Waals surface area (Å²) in [7, 11) is 0. The van der Waals surface area contributed by atoms with Crippen molar-refractivity contribution >= 4 is 23.2 Å². The minimum Gasteiger partial charge on any atom is -0.326 e. The molecule has 114 valence electrons. The fourth-order valence-corrected chi connectivity index (χ4v) is 3.23. The number of hydrogen-bond acceptors (Lipinski definition) is 2. The summed E-state index contributed by atoms with van der Waals surface area (Å²) in [5, 5.41) is 1.22. The molecule has 2 nitrogen and oxygen atoms in total. The van der Waals surface area contributed by atoms with E-state index in [9.17, 15) is 0 Å². The minimum absolute atomic E-state index is 0.0170. The molecule has 0 saturated carbocycles. The number of hydrogen-bond donors (Lipinski definition) is 1. The SMILES string of the molecule is CCN(CC)C(C)(CC)C(N)Cc1cccc(Cl)c1Cl. The van der Waals surface area contributed by atoms with Crippen molar-refractivity contribution in [2.75, 3.05) is 13.1 Å². The zero-order chi connectivity index (χ0) is 15.3. The van der Waals surface area contributed by atoms with Gasteiger partial charge >= 0.3 is 0 Å². The van der Waals surface area contributed by atoms with Crippen molar-refractivity contribution in [1.29, 1.82) is 0 Å². The Kier molecular flexibility index (Phi) is 6.80. The van der Waals surface area contributed by atoms with Gasteiger partial charge in [0.1, 0.15) is 0 Å². The van der Waals surface area contributed by atoms with Gasteiger partial charge < -0.3 is 5.73 Å². The molecular weight excluding hydrogens is 291 g/mol. The molecule has 1 aromatic rings. The van der Waals surface area contributed by atoms with Gasteiger partial charge in [0.05, 0.1) is 10.0 Å². The van der Waals surface area contributed by atoms with Crippen LogP contribution in [-0.2, 0) is 6.42 Å². The Morgan fingerprint density at radius 2 is 1.80 bits per heavy atom. The van der Waals surface area contributed by atoms with E-state index in [2.05, 4.69) is 32.6 Å². The first kappa shape index (κ1) is 17.8. The monoisotopic (exact) mass is 316 g/mol. The predicted octanol–water partition coefficient (Wildman–Crippen LogP) is 4.37. The van der Waals surface area contributed by atoms with Gasteiger partial charge in [-0.15, -0.1) is 0 Å². The topological polar surface area (TPSA) is 29.3 Å². The molecule has 4 heteroatoms. The molecule has 0 spiro atoms. The highest BCUT2D eigenvalue weighted by Crippen LogP contribution is 2.30. The number of benzene rings is 1. The summed E-state index contributed by atoms with van der Waals surface area (Å²) in [5.74, 6) is 0. The van der Waals surface area contributed by atoms with Gasteiger partial charge in [0, 0.05) is 11.6 Å². The maximum atomic E-state index is 6.52. The van der Waals surface area contributed by atoms with E-state index in [0.717, 1.165) is 31.5 Å². The zero-order valence-electron chi connectivity index (χ0n) is 12.9. The van der Waals surface area contributed by atoms with Gasteiger partial charge in [0.2, 0.25) is 0 Å². The van der Waals surface area contributed by atoms with Crippen LogP contribution >= 0.6 is 23.2 Å². The Balaban J connectivity index is 2.97. The van der Waals surface area contributed by atoms with Gasteiger partial charge in [-0.25, -0.2) is 0 Å². The molecule has 1 aromatic carbocycles. The van der Waals surface area contributed by atoms with Crippen molar-refractivity contribution in [1.82, 2.24) is 4.90 Å². The summed E-state index contributed by atoms with van der Waals surface area (Å²) in [6.07, 6.45) is 1.74. The number of rotatable bonds is 7. The largest absolute Gasteiger partial charge is 0.326 e. The molecule has 2 unspecified atom stereocenters. The van der Waals surface area contributed by atoms with E-state index in [-0.39, 0.29) is 11.6 Å². The van der Waals surface area contributed by atoms with Crippen LogP contribution in [0.15, 0.2) is 18.2 Å². The fourth-order valence-electron chi connectivity index (χ4n) is 2.83. The lowest BCUT2D eigenvalue weighted by Crippen LogP contribution is -2.58. The van der Waals surface area contributed by atoms with Crippen LogP contribution in [0.2, 0.25) is 10.0 Å². The predicted molar refractivity (Wildman–Crippen MR) is 89.8 cm³/mol. The smallest absolute Gasteiger partial charge is 0.0624 e. The second-order valence-corrected chi connectivity index (χ2v) is 6.19. The molecule has 2 atom stereocenters. The van der Waals surface area contributed by atoms with Crippen LogP contribution in [0, 0.1) is 0 Å². The van der Waals surface area contributed by atoms with E-state index >= 15 is 0 Å². The van der Waals surface area contributed by atoms with Crippen molar-refractivity contribution < 1.29 is 0 Å². The van der Waals surface area contributed by atoms with Gasteiger partial charge in [0.25, 0.3) is 0 Å². The number of nitrogens with zero attached hydrogens (tertiary/aromatic N) is 1. The lowest BCUT2D eigenvalue weighted by Gasteiger charge is -2.44. The zero-order valence-corrected chi connectivity index (χ0v) is 14.4. The van der Waals surface area contributed by atoms with Crippen LogP contribution in [0.5, 0.6) is 0 Å². The average molecular weight is 317 g/mol. The third-order valence-electron chi connectivity index (χ3n) is 4.47. The Morgan fingerprint density at radius 1 is 1.20 bits per heavy atom. The van der Waals surface area contributed by atoms with Gasteiger partial charge in [-0.2, -0.15) is 0 Å². The molecule has 0 amide bonds. The van der Waals surface area contributed by atoms with Gasteiger partial charge in [-0.3, -0.25) is 4.90 Å². The highest BCUT2D eigenvalue weighted by atomic mass is 35.5. The van der Waals surface area contributed by atoms with E-state index in [0.29, 0.717) is 10.0 Å². The minimum atomic E-state index is -0.0326. The molecule has 2 N–H and O–H groups in total. The quantitative estimate of drug-likeness (QED) is 0.809. The Labute approximate surface area is 133 Å². The average Bonchev–Trinajstić information content (AvgIpc) is 2.44. The van der Waals surface area contributed by atoms with Crippen molar-refractivity contribution in [3.05, 3.63) is 33.8 Å². The maximum Gasteiger partial charge on any atom is 0.0624 e. The molecule has 1 rings (SSSR count). The van der Waals surface area contributed by atoms with Crippen molar-refractivity contribution in [2.24, 2.45) is 5.73 Å². The molecular formula is C16H26Cl2N2. The molecule has 0 bridgehead atoms. The molecule has 0 aliphatic heterocycles. The molecule has 0 aromatic heterocycles. The summed E-state index contributed by atoms with van der Waals surface area (Å²) in [4.78, 5) is 2.43. The Morgan fingerprint density at radius 3 is 2.30 bits per heavy atom. The van der Waals surface area contributed by atoms with Gasteiger partial charge in [0.15, 0.2) is 0 Å². The van der Waals surface area contributed by atoms with Gasteiger partial charge in [-0.1, -0.05) is 56.1 Å². The maximum absolute atomic E-state index is 6.52. The molecule has 0 aliphatic carbocycles. The van der Waals surface area contributed by atoms with Crippen molar-refractivity contribution in [3.8, 4) is 0 Å². The van der Waals surface area contributed by atoms with Crippen molar-refractivity contribution in [3.63, 3.8) is 0 Å². The summed E-state index contributed by atoms with van der Waals surface area (Å²) < 4.78 is 0. The second-order valence-electron chi connectivity index (χ2n) is 5.41. The van der Waals surface area contributed by atoms with E-state index in [4.69, 9.17) is 28.9 Å². The summed E-state index contributed by atoms with van der Waals surface area (Å²) in [5.41, 5.74) is 7.52. The van der Waals surface area contributed by atoms with E-state index in [1.165, 1.54) is 0 Å². The number of nitrogens with two attached hydrogens (primary N) is 1. The second kappa shape index (κ2) is 7.65. The first-order chi connectivity index (χ1) is 9.40. The molecule has 0 fully saturated rings. The van der Waals surface area contributed by atoms with Crippen LogP contribution in [0.1, 0.15) is 39.7 Å². The van der Waals surface area contributed by atoms with Crippen LogP contribution in [0.3, 0.4) is 0 Å². The third kappa shape index (κ3) is 3.67. The highest BCUT2D eigenvalue weighted by Gasteiger charge is 2.34. The molecule has 20 heavy (non-hydrogen) atoms. The summed E-state index contributed by atoms with van der Waals surface area (Å²) >= 11 is 12.4. The van der Waals surface area contributed by atoms with Crippen LogP contribution in [0.25, 0.3) is 0 Å². The summed E-state index contributed by atoms with van der Waals surface area (Å²) in [6, 6.07) is 5.76. The van der Waals surface area contributed by atoms with E-state index < -0.39 is 0 Å². The van der Waals surface area contributed by atoms with Crippen molar-refractivity contribution in [2.45, 2.75) is 52.1 Å². The normalized spacial score (nSPS) is 16.2. The Bertz CT molecular complexity index is 432. The van der Waals surface area contributed by atoms with Crippen LogP contribution in [-0.4, -0.2) is 29.6 Å². The first-order valence-corrected chi connectivity index (χ1v) is 8.09. The first-order valence-electron chi connectivity index (χ1n) is 7.34. The molecule has 0 heterocycles. The summed E-state index contributed by atoms with van der Waals surface area (Å²) in [6.45, 7) is 10.8. The van der Waals surface area contributed by atoms with Crippen LogP contribution < -0.4 is 5.73 Å². The molecule has 0 saturated heterocycles.